The Morgan fingerprint density at radius 1 is 1.27 bits per heavy atom. The molecule has 2 aromatic rings. The van der Waals surface area contributed by atoms with Gasteiger partial charge in [-0.25, -0.2) is 9.37 Å². The van der Waals surface area contributed by atoms with Crippen molar-refractivity contribution < 1.29 is 13.9 Å². The van der Waals surface area contributed by atoms with Crippen LogP contribution in [-0.2, 0) is 10.3 Å². The molecule has 22 heavy (non-hydrogen) atoms. The Morgan fingerprint density at radius 3 is 2.77 bits per heavy atom. The number of hydrogen-bond donors (Lipinski definition) is 0. The summed E-state index contributed by atoms with van der Waals surface area (Å²) in [7, 11) is 0. The number of aromatic nitrogens is 1. The van der Waals surface area contributed by atoms with Crippen LogP contribution < -0.4 is 0 Å². The normalized spacial score (nSPS) is 21.6. The zero-order valence-electron chi connectivity index (χ0n) is 12.3. The number of nitrogens with zero attached hydrogens (tertiary/aromatic N) is 2. The lowest BCUT2D eigenvalue weighted by Gasteiger charge is -2.40. The first kappa shape index (κ1) is 14.7. The second-order valence-corrected chi connectivity index (χ2v) is 5.51. The minimum atomic E-state index is -0.597. The molecule has 0 aliphatic carbocycles. The molecule has 1 fully saturated rings. The number of benzene rings is 1. The van der Waals surface area contributed by atoms with Crippen molar-refractivity contribution >= 4 is 5.91 Å². The highest BCUT2D eigenvalue weighted by molar-refractivity contribution is 5.92. The summed E-state index contributed by atoms with van der Waals surface area (Å²) in [4.78, 5) is 18.0. The average Bonchev–Trinajstić information content (AvgIpc) is 2.56. The highest BCUT2D eigenvalue weighted by Crippen LogP contribution is 2.29. The number of amides is 1. The minimum Gasteiger partial charge on any atom is -0.367 e. The summed E-state index contributed by atoms with van der Waals surface area (Å²) < 4.78 is 19.7. The van der Waals surface area contributed by atoms with E-state index in [1.165, 1.54) is 18.3 Å². The lowest BCUT2D eigenvalue weighted by molar-refractivity contribution is -0.0932. The Kier molecular flexibility index (Phi) is 3.90. The fourth-order valence-corrected chi connectivity index (χ4v) is 2.70. The average molecular weight is 300 g/mol. The quantitative estimate of drug-likeness (QED) is 0.856. The first-order chi connectivity index (χ1) is 10.6. The van der Waals surface area contributed by atoms with Gasteiger partial charge in [0.05, 0.1) is 13.2 Å². The molecule has 1 unspecified atom stereocenters. The van der Waals surface area contributed by atoms with Crippen LogP contribution >= 0.6 is 0 Å². The topological polar surface area (TPSA) is 42.4 Å². The SMILES string of the molecule is CC1(c2ccccc2)CN(C(=O)c2ncccc2F)CCO1. The lowest BCUT2D eigenvalue weighted by Crippen LogP contribution is -2.50. The van der Waals surface area contributed by atoms with Crippen molar-refractivity contribution in [2.75, 3.05) is 19.7 Å². The Bertz CT molecular complexity index is 677. The fourth-order valence-electron chi connectivity index (χ4n) is 2.70. The molecule has 0 radical (unpaired) electrons. The summed E-state index contributed by atoms with van der Waals surface area (Å²) in [5.74, 6) is -0.996. The van der Waals surface area contributed by atoms with Crippen molar-refractivity contribution in [3.05, 3.63) is 65.7 Å². The molecule has 1 saturated heterocycles. The van der Waals surface area contributed by atoms with E-state index in [1.54, 1.807) is 4.90 Å². The number of rotatable bonds is 2. The standard InChI is InChI=1S/C17H17FN2O2/c1-17(13-6-3-2-4-7-13)12-20(10-11-22-17)16(21)15-14(18)8-5-9-19-15/h2-9H,10-12H2,1H3. The number of morpholine rings is 1. The summed E-state index contributed by atoms with van der Waals surface area (Å²) in [6.07, 6.45) is 1.42. The third-order valence-corrected chi connectivity index (χ3v) is 3.91. The van der Waals surface area contributed by atoms with E-state index in [-0.39, 0.29) is 5.69 Å². The number of hydrogen-bond acceptors (Lipinski definition) is 3. The van der Waals surface area contributed by atoms with Gasteiger partial charge in [-0.15, -0.1) is 0 Å². The summed E-state index contributed by atoms with van der Waals surface area (Å²) >= 11 is 0. The van der Waals surface area contributed by atoms with Gasteiger partial charge in [-0.05, 0) is 24.6 Å². The summed E-state index contributed by atoms with van der Waals surface area (Å²) in [6.45, 7) is 3.14. The van der Waals surface area contributed by atoms with Crippen molar-refractivity contribution in [2.45, 2.75) is 12.5 Å². The van der Waals surface area contributed by atoms with Crippen LogP contribution in [0.5, 0.6) is 0 Å². The van der Waals surface area contributed by atoms with Gasteiger partial charge in [0.25, 0.3) is 5.91 Å². The lowest BCUT2D eigenvalue weighted by atomic mass is 9.93. The molecule has 1 atom stereocenters. The zero-order chi connectivity index (χ0) is 15.6. The van der Waals surface area contributed by atoms with Gasteiger partial charge in [0, 0.05) is 12.7 Å². The molecular formula is C17H17FN2O2. The molecule has 0 N–H and O–H groups in total. The first-order valence-electron chi connectivity index (χ1n) is 7.19. The van der Waals surface area contributed by atoms with Gasteiger partial charge >= 0.3 is 0 Å². The summed E-state index contributed by atoms with van der Waals surface area (Å²) in [6, 6.07) is 12.5. The Hall–Kier alpha value is -2.27. The minimum absolute atomic E-state index is 0.139. The molecule has 5 heteroatoms. The zero-order valence-corrected chi connectivity index (χ0v) is 12.3. The molecule has 114 valence electrons. The van der Waals surface area contributed by atoms with Crippen molar-refractivity contribution in [1.29, 1.82) is 0 Å². The van der Waals surface area contributed by atoms with Crippen LogP contribution in [0.2, 0.25) is 0 Å². The Balaban J connectivity index is 1.85. The van der Waals surface area contributed by atoms with Crippen molar-refractivity contribution in [3.63, 3.8) is 0 Å². The molecule has 1 aromatic carbocycles. The number of halogens is 1. The highest BCUT2D eigenvalue weighted by atomic mass is 19.1. The third kappa shape index (κ3) is 2.72. The third-order valence-electron chi connectivity index (χ3n) is 3.91. The molecule has 0 saturated carbocycles. The maximum absolute atomic E-state index is 13.8. The Labute approximate surface area is 128 Å². The first-order valence-corrected chi connectivity index (χ1v) is 7.19. The van der Waals surface area contributed by atoms with Crippen LogP contribution in [0.3, 0.4) is 0 Å². The van der Waals surface area contributed by atoms with E-state index in [2.05, 4.69) is 4.98 Å². The van der Waals surface area contributed by atoms with E-state index < -0.39 is 17.3 Å². The predicted molar refractivity (Wildman–Crippen MR) is 79.8 cm³/mol. The maximum Gasteiger partial charge on any atom is 0.275 e. The number of ether oxygens (including phenoxy) is 1. The van der Waals surface area contributed by atoms with Crippen molar-refractivity contribution in [2.24, 2.45) is 0 Å². The highest BCUT2D eigenvalue weighted by Gasteiger charge is 2.36. The molecule has 0 bridgehead atoms. The van der Waals surface area contributed by atoms with Gasteiger partial charge < -0.3 is 9.64 Å². The second kappa shape index (κ2) is 5.85. The van der Waals surface area contributed by atoms with E-state index in [0.29, 0.717) is 19.7 Å². The van der Waals surface area contributed by atoms with Crippen LogP contribution in [0.25, 0.3) is 0 Å². The number of pyridine rings is 1. The molecule has 1 amide bonds. The van der Waals surface area contributed by atoms with Gasteiger partial charge in [0.2, 0.25) is 0 Å². The van der Waals surface area contributed by atoms with Crippen LogP contribution in [0.15, 0.2) is 48.7 Å². The molecule has 2 heterocycles. The van der Waals surface area contributed by atoms with E-state index >= 15 is 0 Å². The van der Waals surface area contributed by atoms with E-state index in [9.17, 15) is 9.18 Å². The van der Waals surface area contributed by atoms with Gasteiger partial charge in [0.1, 0.15) is 5.60 Å². The van der Waals surface area contributed by atoms with E-state index in [0.717, 1.165) is 5.56 Å². The molecular weight excluding hydrogens is 283 g/mol. The smallest absolute Gasteiger partial charge is 0.275 e. The van der Waals surface area contributed by atoms with Gasteiger partial charge in [-0.2, -0.15) is 0 Å². The number of carbonyl (C=O) groups excluding carboxylic acids is 1. The van der Waals surface area contributed by atoms with Gasteiger partial charge in [-0.1, -0.05) is 30.3 Å². The molecule has 1 aromatic heterocycles. The van der Waals surface area contributed by atoms with E-state index in [4.69, 9.17) is 4.74 Å². The monoisotopic (exact) mass is 300 g/mol. The molecule has 3 rings (SSSR count). The van der Waals surface area contributed by atoms with Crippen molar-refractivity contribution in [1.82, 2.24) is 9.88 Å². The van der Waals surface area contributed by atoms with E-state index in [1.807, 2.05) is 37.3 Å². The molecule has 0 spiro atoms. The maximum atomic E-state index is 13.8. The molecule has 1 aliphatic heterocycles. The van der Waals surface area contributed by atoms with Crippen LogP contribution in [0.4, 0.5) is 4.39 Å². The Morgan fingerprint density at radius 2 is 2.05 bits per heavy atom. The number of carbonyl (C=O) groups is 1. The fraction of sp³-hybridized carbons (Fsp3) is 0.294. The summed E-state index contributed by atoms with van der Waals surface area (Å²) in [5.41, 5.74) is 0.259. The van der Waals surface area contributed by atoms with Crippen LogP contribution in [0.1, 0.15) is 23.0 Å². The van der Waals surface area contributed by atoms with Crippen LogP contribution in [-0.4, -0.2) is 35.5 Å². The predicted octanol–water partition coefficient (Wildman–Crippen LogP) is 2.61. The largest absolute Gasteiger partial charge is 0.367 e. The van der Waals surface area contributed by atoms with Gasteiger partial charge in [-0.3, -0.25) is 4.79 Å². The second-order valence-electron chi connectivity index (χ2n) is 5.51. The molecule has 1 aliphatic rings. The van der Waals surface area contributed by atoms with Gasteiger partial charge in [0.15, 0.2) is 11.5 Å². The molecule has 4 nitrogen and oxygen atoms in total. The summed E-state index contributed by atoms with van der Waals surface area (Å²) in [5, 5.41) is 0. The van der Waals surface area contributed by atoms with Crippen LogP contribution in [0, 0.1) is 5.82 Å². The van der Waals surface area contributed by atoms with Crippen molar-refractivity contribution in [3.8, 4) is 0 Å².